The van der Waals surface area contributed by atoms with Crippen LogP contribution in [0.3, 0.4) is 0 Å². The third kappa shape index (κ3) is 30.3. The van der Waals surface area contributed by atoms with Crippen molar-refractivity contribution in [2.75, 3.05) is 66.1 Å². The summed E-state index contributed by atoms with van der Waals surface area (Å²) in [5.74, 6) is 0. The van der Waals surface area contributed by atoms with E-state index in [-0.39, 0.29) is 71.3 Å². The number of aliphatic hydroxyl groups excluding tert-OH is 7. The molecule has 0 aromatic carbocycles. The number of ether oxygens (including phenoxy) is 10. The molecule has 15 rings (SSSR count). The van der Waals surface area contributed by atoms with E-state index in [1.165, 1.54) is 6.92 Å². The molecule has 0 amide bonds. The fourth-order valence-corrected chi connectivity index (χ4v) is 27.8. The van der Waals surface area contributed by atoms with Crippen LogP contribution < -0.4 is 0 Å². The topological polar surface area (TPSA) is 703 Å². The van der Waals surface area contributed by atoms with Gasteiger partial charge in [0.15, 0.2) is 0 Å². The average Bonchev–Trinajstić information content (AvgIpc) is 1.31. The van der Waals surface area contributed by atoms with Crippen molar-refractivity contribution < 1.29 is 245 Å². The monoisotopic (exact) mass is 2130 g/mol. The molecule has 67 heteroatoms. The number of thiol groups is 1. The van der Waals surface area contributed by atoms with Gasteiger partial charge in [-0.2, -0.15) is 0 Å². The molecule has 0 aliphatic carbocycles. The van der Waals surface area contributed by atoms with E-state index in [0.29, 0.717) is 6.42 Å². The van der Waals surface area contributed by atoms with Crippen molar-refractivity contribution in [3.63, 3.8) is 0 Å². The molecule has 0 saturated carbocycles. The zero-order valence-electron chi connectivity index (χ0n) is 69.0. The van der Waals surface area contributed by atoms with Crippen molar-refractivity contribution in [1.82, 2.24) is 0 Å². The van der Waals surface area contributed by atoms with E-state index in [4.69, 9.17) is 185 Å². The average molecular weight is 2130 g/mol. The maximum absolute atomic E-state index is 12.5. The summed E-state index contributed by atoms with van der Waals surface area (Å²) in [5.41, 5.74) is 0. The summed E-state index contributed by atoms with van der Waals surface area (Å²) in [5, 5.41) is 71.8. The molecule has 742 valence electrons. The largest absolute Gasteiger partial charge is 0.472 e. The summed E-state index contributed by atoms with van der Waals surface area (Å²) in [6.07, 6.45) is -31.8. The van der Waals surface area contributed by atoms with Crippen LogP contribution in [-0.4, -0.2) is 372 Å². The van der Waals surface area contributed by atoms with E-state index in [1.807, 2.05) is 0 Å². The maximum atomic E-state index is 12.5. The van der Waals surface area contributed by atoms with Crippen molar-refractivity contribution in [1.29, 1.82) is 0 Å². The molecule has 15 heterocycles. The Balaban J connectivity index is 0.000000154. The van der Waals surface area contributed by atoms with Crippen molar-refractivity contribution in [3.05, 3.63) is 0 Å². The van der Waals surface area contributed by atoms with E-state index in [1.54, 1.807) is 62.3 Å². The van der Waals surface area contributed by atoms with Crippen LogP contribution in [0.5, 0.6) is 0 Å². The molecule has 127 heavy (non-hydrogen) atoms. The second-order valence-electron chi connectivity index (χ2n) is 31.8. The predicted molar refractivity (Wildman–Crippen MR) is 439 cm³/mol. The Kier molecular flexibility index (Phi) is 38.6. The van der Waals surface area contributed by atoms with Crippen molar-refractivity contribution in [2.24, 2.45) is 0 Å². The molecule has 16 N–H and O–H groups in total. The number of rotatable bonds is 0. The highest BCUT2D eigenvalue weighted by molar-refractivity contribution is 8.44. The highest BCUT2D eigenvalue weighted by Crippen LogP contribution is 2.60. The molecule has 12 bridgehead atoms. The second kappa shape index (κ2) is 44.6. The van der Waals surface area contributed by atoms with Crippen molar-refractivity contribution >= 4 is 132 Å². The number of aliphatic hydroxyl groups is 7. The van der Waals surface area contributed by atoms with Crippen LogP contribution in [0.25, 0.3) is 0 Å². The molecule has 0 aromatic heterocycles. The summed E-state index contributed by atoms with van der Waals surface area (Å²) >= 11 is 23.8. The Labute approximate surface area is 753 Å². The van der Waals surface area contributed by atoms with Gasteiger partial charge in [-0.3, -0.25) is 72.4 Å². The van der Waals surface area contributed by atoms with Gasteiger partial charge >= 0.3 is 72.8 Å². The molecule has 0 radical (unpaired) electrons. The van der Waals surface area contributed by atoms with Gasteiger partial charge in [-0.15, -0.1) is 0 Å². The van der Waals surface area contributed by atoms with E-state index in [9.17, 15) is 107 Å². The molecule has 15 aliphatic heterocycles. The summed E-state index contributed by atoms with van der Waals surface area (Å²) in [4.78, 5) is 90.6. The van der Waals surface area contributed by atoms with Gasteiger partial charge in [0.25, 0.3) is 0 Å². The van der Waals surface area contributed by atoms with Gasteiger partial charge in [0.05, 0.1) is 139 Å². The van der Waals surface area contributed by atoms with Crippen LogP contribution in [-0.2, 0) is 212 Å². The van der Waals surface area contributed by atoms with Gasteiger partial charge in [0.1, 0.15) is 153 Å². The lowest BCUT2D eigenvalue weighted by molar-refractivity contribution is -0.0380. The van der Waals surface area contributed by atoms with E-state index in [0.717, 1.165) is 0 Å². The Hall–Kier alpha value is 2.49. The first-order valence-corrected chi connectivity index (χ1v) is 60.1. The molecule has 0 aromatic rings. The molecule has 47 atom stereocenters. The quantitative estimate of drug-likeness (QED) is 0.119. The Morgan fingerprint density at radius 1 is 0.228 bits per heavy atom. The fraction of sp³-hybridized carbons (Fsp3) is 1.00. The number of phosphoric ester groups is 5. The second-order valence-corrected chi connectivity index (χ2v) is 52.9. The van der Waals surface area contributed by atoms with Gasteiger partial charge in [-0.1, -0.05) is 12.2 Å². The van der Waals surface area contributed by atoms with Crippen LogP contribution >= 0.6 is 85.0 Å². The van der Waals surface area contributed by atoms with Crippen LogP contribution in [0, 0.1) is 0 Å². The van der Waals surface area contributed by atoms with Crippen molar-refractivity contribution in [2.45, 2.75) is 314 Å². The third-order valence-corrected chi connectivity index (χ3v) is 34.7. The SMILES string of the molecule is CC1CC2OP(=O)(O)OCC3CC(OP(=O)(O)OCC2O1)C(C)O3.CC1CC2OP(=O)(O)OCC3OC(C)C(OP(=O)(O)OCC2O1)C3O.CC1OC2COP(O)(=S)OC3C(C)OC(COP(=O)(O)OC2C1O)C3O.CC1OC2COP(O)(=S)OC3C(C)OC(COP(=O)(S)OC1C2O)C3O.CC1OC2COP(O)(=S)OC3C(C)OC(COP(O)(=S)OC2C1O)C3O. The molecule has 0 spiro atoms. The first kappa shape index (κ1) is 110. The lowest BCUT2D eigenvalue weighted by Crippen LogP contribution is -2.37. The smallest absolute Gasteiger partial charge is 0.388 e. The van der Waals surface area contributed by atoms with E-state index >= 15 is 0 Å². The zero-order valence-corrected chi connectivity index (χ0v) is 82.1. The summed E-state index contributed by atoms with van der Waals surface area (Å²) in [6, 6.07) is 0. The molecule has 15 saturated heterocycles. The number of fused-ring (bicyclic) bond motifs is 16. The molecule has 52 nitrogen and oxygen atoms in total. The van der Waals surface area contributed by atoms with E-state index in [2.05, 4.69) is 12.2 Å². The minimum absolute atomic E-state index is 0.192. The van der Waals surface area contributed by atoms with E-state index < -0.39 is 306 Å². The minimum Gasteiger partial charge on any atom is -0.388 e. The Bertz CT molecular complexity index is 4030. The van der Waals surface area contributed by atoms with Gasteiger partial charge in [-0.05, 0) is 116 Å². The minimum atomic E-state index is -4.60. The first-order chi connectivity index (χ1) is 58.7. The highest BCUT2D eigenvalue weighted by atomic mass is 32.7. The summed E-state index contributed by atoms with van der Waals surface area (Å²) < 4.78 is 231. The summed E-state index contributed by atoms with van der Waals surface area (Å²) in [6.45, 7) is -5.93. The molecule has 15 aliphatic rings. The summed E-state index contributed by atoms with van der Waals surface area (Å²) in [7, 11) is -22.2. The molecular formula is C60H110O52P10S5. The number of hydrogen-bond acceptors (Lipinski definition) is 47. The number of hydrogen-bond donors (Lipinski definition) is 17. The van der Waals surface area contributed by atoms with Crippen molar-refractivity contribution in [3.8, 4) is 0 Å². The van der Waals surface area contributed by atoms with Crippen LogP contribution in [0.1, 0.15) is 88.5 Å². The highest BCUT2D eigenvalue weighted by Gasteiger charge is 2.57. The third-order valence-electron chi connectivity index (χ3n) is 21.8. The normalized spacial score (nSPS) is 55.5. The van der Waals surface area contributed by atoms with Crippen LogP contribution in [0.4, 0.5) is 0 Å². The molecule has 15 fully saturated rings. The maximum Gasteiger partial charge on any atom is 0.472 e. The Morgan fingerprint density at radius 2 is 0.472 bits per heavy atom. The first-order valence-electron chi connectivity index (χ1n) is 39.5. The van der Waals surface area contributed by atoms with Gasteiger partial charge in [0, 0.05) is 19.3 Å². The van der Waals surface area contributed by atoms with Gasteiger partial charge in [0.2, 0.25) is 0 Å². The standard InChI is InChI=1S/C12H22O11P2S.C12H22O11P2.2C12H22O10P2S2.C12H22O10P2/c1-5-9(13)12-8(20-5)4-19-25(17,26)23-11-6(2)21-7(10(11)14)3-18-24(15,16)22-12;1-6-3-8-9(20-6)4-18-25(16,17)23-12-7(2)21-10(11(12)13)5-19-24(14,15)22-8;1-5-11-9(13)7(19-5)3-17-24(16,26)22-12-6(2)20-8(10(12)14)4-18-23(15,25)21-11;1-5-9(13)12-8(19-5)4-18-23(15,25)21-11-6(2)20-7(10(11)14)3-17-24(16,26)22-12;1-7-3-11-12(19-7)6-18-24(15,16)21-10-4-9(20-8(10)2)5-17-23(13,14)22-11/h5-14H,3-4H2,1-2H3,(H,15,16)(H,17,26);6-13H,3-5H2,1-2H3,(H,14,15)(H,16,17);2*5-14H,3-4H2,1-2H3,(H,15,25)(H,16,26);7-12H,3-6H2,1-2H3,(H,13,14)(H,15,16). The van der Waals surface area contributed by atoms with Crippen LogP contribution in [0.2, 0.25) is 0 Å². The fourth-order valence-electron chi connectivity index (χ4n) is 15.5. The molecule has 47 unspecified atom stereocenters. The Morgan fingerprint density at radius 3 is 0.819 bits per heavy atom. The number of phosphoric acid groups is 5. The van der Waals surface area contributed by atoms with Crippen LogP contribution in [0.15, 0.2) is 0 Å². The lowest BCUT2D eigenvalue weighted by Gasteiger charge is -2.27. The predicted octanol–water partition coefficient (Wildman–Crippen LogP) is 0.995. The zero-order chi connectivity index (χ0) is 93.8. The molecular weight excluding hydrogens is 2020 g/mol. The van der Waals surface area contributed by atoms with Gasteiger partial charge in [-0.25, -0.2) is 27.4 Å². The lowest BCUT2D eigenvalue weighted by atomic mass is 10.1. The van der Waals surface area contributed by atoms with Gasteiger partial charge < -0.3 is 145 Å².